The minimum atomic E-state index is -0.371. The van der Waals surface area contributed by atoms with Crippen LogP contribution in [0.4, 0.5) is 0 Å². The standard InChI is InChI=1S/C19H22N4O3/c1-21-15-14(16(24)22(2)18(21)25)23-9-13(26-17(23)20-15)19-6-10-3-11(7-19)5-12(4-10)8-19/h9-12H,3-8H2,1-2H3. The molecule has 136 valence electrons. The molecule has 26 heavy (non-hydrogen) atoms. The molecule has 0 N–H and O–H groups in total. The smallest absolute Gasteiger partial charge is 0.332 e. The Morgan fingerprint density at radius 2 is 1.65 bits per heavy atom. The van der Waals surface area contributed by atoms with Crippen LogP contribution < -0.4 is 11.2 Å². The fourth-order valence-electron chi connectivity index (χ4n) is 6.49. The normalized spacial score (nSPS) is 32.9. The maximum atomic E-state index is 12.7. The molecule has 0 unspecified atom stereocenters. The van der Waals surface area contributed by atoms with Gasteiger partial charge in [-0.15, -0.1) is 0 Å². The van der Waals surface area contributed by atoms with E-state index in [2.05, 4.69) is 4.98 Å². The minimum absolute atomic E-state index is 0.119. The number of hydrogen-bond donors (Lipinski definition) is 0. The Kier molecular flexibility index (Phi) is 2.57. The van der Waals surface area contributed by atoms with Gasteiger partial charge in [-0.2, -0.15) is 4.98 Å². The second-order valence-electron chi connectivity index (χ2n) is 8.94. The van der Waals surface area contributed by atoms with Gasteiger partial charge < -0.3 is 4.42 Å². The molecule has 0 aliphatic heterocycles. The van der Waals surface area contributed by atoms with Crippen LogP contribution in [0.5, 0.6) is 0 Å². The van der Waals surface area contributed by atoms with E-state index in [1.807, 2.05) is 6.20 Å². The average molecular weight is 354 g/mol. The van der Waals surface area contributed by atoms with E-state index in [9.17, 15) is 9.59 Å². The second kappa shape index (κ2) is 4.50. The summed E-state index contributed by atoms with van der Waals surface area (Å²) < 4.78 is 10.5. The van der Waals surface area contributed by atoms with Crippen LogP contribution in [-0.2, 0) is 19.5 Å². The Labute approximate surface area is 149 Å². The predicted octanol–water partition coefficient (Wildman–Crippen LogP) is 1.95. The largest absolute Gasteiger partial charge is 0.428 e. The van der Waals surface area contributed by atoms with Crippen LogP contribution in [0.3, 0.4) is 0 Å². The van der Waals surface area contributed by atoms with E-state index in [-0.39, 0.29) is 16.7 Å². The summed E-state index contributed by atoms with van der Waals surface area (Å²) in [5.41, 5.74) is 0.226. The van der Waals surface area contributed by atoms with Crippen LogP contribution in [-0.4, -0.2) is 18.5 Å². The van der Waals surface area contributed by atoms with Crippen LogP contribution in [0, 0.1) is 17.8 Å². The van der Waals surface area contributed by atoms with Crippen molar-refractivity contribution in [1.82, 2.24) is 18.5 Å². The van der Waals surface area contributed by atoms with Crippen LogP contribution in [0.2, 0.25) is 0 Å². The van der Waals surface area contributed by atoms with Crippen molar-refractivity contribution in [2.75, 3.05) is 0 Å². The monoisotopic (exact) mass is 354 g/mol. The van der Waals surface area contributed by atoms with Gasteiger partial charge in [0.1, 0.15) is 5.76 Å². The SMILES string of the molecule is Cn1c(=O)c2c(nc3oc(C45CC6CC(CC(C6)C4)C5)cn32)n(C)c1=O. The van der Waals surface area contributed by atoms with Gasteiger partial charge in [-0.3, -0.25) is 18.3 Å². The molecule has 3 aromatic heterocycles. The Morgan fingerprint density at radius 1 is 1.04 bits per heavy atom. The lowest BCUT2D eigenvalue weighted by Gasteiger charge is -2.55. The van der Waals surface area contributed by atoms with Crippen LogP contribution in [0.15, 0.2) is 20.2 Å². The number of nitrogens with zero attached hydrogens (tertiary/aromatic N) is 4. The summed E-state index contributed by atoms with van der Waals surface area (Å²) in [5, 5.41) is 0. The van der Waals surface area contributed by atoms with Crippen LogP contribution >= 0.6 is 0 Å². The third kappa shape index (κ3) is 1.66. The summed E-state index contributed by atoms with van der Waals surface area (Å²) in [6.07, 6.45) is 9.70. The lowest BCUT2D eigenvalue weighted by Crippen LogP contribution is -2.48. The van der Waals surface area contributed by atoms with Crippen molar-refractivity contribution in [1.29, 1.82) is 0 Å². The first-order valence-electron chi connectivity index (χ1n) is 9.53. The maximum Gasteiger partial charge on any atom is 0.332 e. The van der Waals surface area contributed by atoms with Gasteiger partial charge in [0.15, 0.2) is 11.2 Å². The highest BCUT2D eigenvalue weighted by Crippen LogP contribution is 2.60. The van der Waals surface area contributed by atoms with Gasteiger partial charge in [0.25, 0.3) is 5.56 Å². The van der Waals surface area contributed by atoms with E-state index in [0.717, 1.165) is 28.1 Å². The quantitative estimate of drug-likeness (QED) is 0.669. The molecule has 4 aliphatic rings. The molecule has 7 nitrogen and oxygen atoms in total. The highest BCUT2D eigenvalue weighted by atomic mass is 16.4. The van der Waals surface area contributed by atoms with Crippen molar-refractivity contribution in [3.63, 3.8) is 0 Å². The molecule has 0 saturated heterocycles. The van der Waals surface area contributed by atoms with E-state index < -0.39 is 0 Å². The summed E-state index contributed by atoms with van der Waals surface area (Å²) in [4.78, 5) is 29.3. The van der Waals surface area contributed by atoms with Gasteiger partial charge in [-0.1, -0.05) is 0 Å². The molecular weight excluding hydrogens is 332 g/mol. The molecule has 4 bridgehead atoms. The highest BCUT2D eigenvalue weighted by molar-refractivity contribution is 5.74. The average Bonchev–Trinajstić information content (AvgIpc) is 3.15. The summed E-state index contributed by atoms with van der Waals surface area (Å²) >= 11 is 0. The van der Waals surface area contributed by atoms with Crippen molar-refractivity contribution in [3.8, 4) is 0 Å². The van der Waals surface area contributed by atoms with E-state index >= 15 is 0 Å². The molecule has 4 aliphatic carbocycles. The molecule has 0 amide bonds. The van der Waals surface area contributed by atoms with Crippen molar-refractivity contribution >= 4 is 17.0 Å². The van der Waals surface area contributed by atoms with Crippen molar-refractivity contribution in [3.05, 3.63) is 32.8 Å². The number of hydrogen-bond acceptors (Lipinski definition) is 4. The van der Waals surface area contributed by atoms with E-state index in [4.69, 9.17) is 4.42 Å². The molecule has 7 heteroatoms. The molecule has 3 aromatic rings. The zero-order valence-electron chi connectivity index (χ0n) is 15.1. The second-order valence-corrected chi connectivity index (χ2v) is 8.94. The molecule has 0 spiro atoms. The first kappa shape index (κ1) is 14.8. The molecule has 4 fully saturated rings. The van der Waals surface area contributed by atoms with E-state index in [1.54, 1.807) is 11.4 Å². The first-order valence-corrected chi connectivity index (χ1v) is 9.53. The van der Waals surface area contributed by atoms with Crippen LogP contribution in [0.1, 0.15) is 44.3 Å². The Hall–Kier alpha value is -2.31. The molecular formula is C19H22N4O3. The van der Waals surface area contributed by atoms with Crippen LogP contribution in [0.25, 0.3) is 17.0 Å². The summed E-state index contributed by atoms with van der Waals surface area (Å²) in [6.45, 7) is 0. The first-order chi connectivity index (χ1) is 12.4. The topological polar surface area (TPSA) is 74.4 Å². The zero-order chi connectivity index (χ0) is 17.8. The lowest BCUT2D eigenvalue weighted by molar-refractivity contribution is -0.0146. The Balaban J connectivity index is 1.59. The fourth-order valence-corrected chi connectivity index (χ4v) is 6.49. The number of oxazole rings is 1. The Morgan fingerprint density at radius 3 is 2.27 bits per heavy atom. The molecule has 4 saturated carbocycles. The third-order valence-electron chi connectivity index (χ3n) is 7.27. The molecule has 7 rings (SSSR count). The van der Waals surface area contributed by atoms with Gasteiger partial charge in [-0.05, 0) is 56.3 Å². The minimum Gasteiger partial charge on any atom is -0.428 e. The number of aromatic nitrogens is 4. The van der Waals surface area contributed by atoms with Gasteiger partial charge in [0.2, 0.25) is 0 Å². The summed E-state index contributed by atoms with van der Waals surface area (Å²) in [6, 6.07) is 0. The van der Waals surface area contributed by atoms with Crippen molar-refractivity contribution < 1.29 is 4.42 Å². The molecule has 0 aromatic carbocycles. The number of rotatable bonds is 1. The number of fused-ring (bicyclic) bond motifs is 3. The molecule has 3 heterocycles. The van der Waals surface area contributed by atoms with E-state index in [0.29, 0.717) is 17.0 Å². The number of imidazole rings is 1. The van der Waals surface area contributed by atoms with Crippen molar-refractivity contribution in [2.45, 2.75) is 43.9 Å². The van der Waals surface area contributed by atoms with Crippen molar-refractivity contribution in [2.24, 2.45) is 31.8 Å². The third-order valence-corrected chi connectivity index (χ3v) is 7.27. The van der Waals surface area contributed by atoms with Gasteiger partial charge >= 0.3 is 11.5 Å². The molecule has 0 radical (unpaired) electrons. The van der Waals surface area contributed by atoms with Gasteiger partial charge in [0.05, 0.1) is 6.20 Å². The van der Waals surface area contributed by atoms with Gasteiger partial charge in [0, 0.05) is 19.5 Å². The fraction of sp³-hybridized carbons (Fsp3) is 0.632. The zero-order valence-corrected chi connectivity index (χ0v) is 15.1. The number of aryl methyl sites for hydroxylation is 1. The lowest BCUT2D eigenvalue weighted by atomic mass is 9.49. The summed E-state index contributed by atoms with van der Waals surface area (Å²) in [5.74, 6) is 3.87. The molecule has 0 atom stereocenters. The Bertz CT molecular complexity index is 1160. The highest BCUT2D eigenvalue weighted by Gasteiger charge is 2.53. The van der Waals surface area contributed by atoms with E-state index in [1.165, 1.54) is 50.1 Å². The summed E-state index contributed by atoms with van der Waals surface area (Å²) in [7, 11) is 3.14. The predicted molar refractivity (Wildman–Crippen MR) is 95.3 cm³/mol. The maximum absolute atomic E-state index is 12.7. The van der Waals surface area contributed by atoms with Gasteiger partial charge in [-0.25, -0.2) is 4.79 Å².